The molecule has 140 valence electrons. The Morgan fingerprint density at radius 3 is 2.81 bits per heavy atom. The summed E-state index contributed by atoms with van der Waals surface area (Å²) in [6.45, 7) is 2.25. The van der Waals surface area contributed by atoms with Crippen LogP contribution in [0.3, 0.4) is 0 Å². The van der Waals surface area contributed by atoms with E-state index in [-0.39, 0.29) is 6.03 Å². The molecule has 0 saturated heterocycles. The average Bonchev–Trinajstić information content (AvgIpc) is 3.10. The lowest BCUT2D eigenvalue weighted by atomic mass is 9.96. The Balaban J connectivity index is 1.24. The zero-order valence-corrected chi connectivity index (χ0v) is 16.4. The predicted molar refractivity (Wildman–Crippen MR) is 112 cm³/mol. The van der Waals surface area contributed by atoms with Gasteiger partial charge in [0.2, 0.25) is 0 Å². The second-order valence-corrected chi connectivity index (χ2v) is 8.33. The maximum absolute atomic E-state index is 12.4. The van der Waals surface area contributed by atoms with Gasteiger partial charge in [-0.2, -0.15) is 0 Å². The molecule has 1 unspecified atom stereocenters. The molecule has 4 nitrogen and oxygen atoms in total. The zero-order chi connectivity index (χ0) is 18.6. The second kappa shape index (κ2) is 8.11. The summed E-state index contributed by atoms with van der Waals surface area (Å²) in [4.78, 5) is 15.5. The van der Waals surface area contributed by atoms with Crippen LogP contribution in [0.25, 0.3) is 10.1 Å². The van der Waals surface area contributed by atoms with E-state index in [1.807, 2.05) is 7.05 Å². The maximum atomic E-state index is 12.4. The number of fused-ring (bicyclic) bond motifs is 2. The maximum Gasteiger partial charge on any atom is 0.317 e. The Labute approximate surface area is 164 Å². The molecule has 0 spiro atoms. The fraction of sp³-hybridized carbons (Fsp3) is 0.318. The first-order valence-electron chi connectivity index (χ1n) is 9.45. The van der Waals surface area contributed by atoms with Gasteiger partial charge in [-0.3, -0.25) is 0 Å². The van der Waals surface area contributed by atoms with Crippen LogP contribution in [-0.4, -0.2) is 37.1 Å². The number of nitrogens with zero attached hydrogens (tertiary/aromatic N) is 1. The molecular weight excluding hydrogens is 354 g/mol. The highest BCUT2D eigenvalue weighted by Gasteiger charge is 2.20. The number of amides is 2. The van der Waals surface area contributed by atoms with E-state index < -0.39 is 0 Å². The number of rotatable bonds is 5. The number of carbonyl (C=O) groups is 1. The lowest BCUT2D eigenvalue weighted by molar-refractivity contribution is 0.202. The van der Waals surface area contributed by atoms with Crippen molar-refractivity contribution in [3.05, 3.63) is 70.6 Å². The Morgan fingerprint density at radius 2 is 1.96 bits per heavy atom. The molecule has 1 atom stereocenters. The highest BCUT2D eigenvalue weighted by Crippen LogP contribution is 2.25. The number of thiophene rings is 1. The van der Waals surface area contributed by atoms with Crippen LogP contribution in [0.5, 0.6) is 0 Å². The fourth-order valence-electron chi connectivity index (χ4n) is 3.65. The largest absolute Gasteiger partial charge is 0.338 e. The molecule has 27 heavy (non-hydrogen) atoms. The summed E-state index contributed by atoms with van der Waals surface area (Å²) >= 11 is 1.80. The Morgan fingerprint density at radius 1 is 1.19 bits per heavy atom. The number of nitrogens with one attached hydrogen (secondary N) is 2. The van der Waals surface area contributed by atoms with E-state index in [1.54, 1.807) is 16.2 Å². The summed E-state index contributed by atoms with van der Waals surface area (Å²) in [6, 6.07) is 19.5. The second-order valence-electron chi connectivity index (χ2n) is 7.16. The number of urea groups is 1. The highest BCUT2D eigenvalue weighted by atomic mass is 32.1. The number of carbonyl (C=O) groups excluding carboxylic acids is 1. The third-order valence-corrected chi connectivity index (χ3v) is 6.31. The lowest BCUT2D eigenvalue weighted by Crippen LogP contribution is -2.48. The summed E-state index contributed by atoms with van der Waals surface area (Å²) < 4.78 is 1.31. The van der Waals surface area contributed by atoms with Gasteiger partial charge in [-0.25, -0.2) is 4.79 Å². The Kier molecular flexibility index (Phi) is 5.41. The van der Waals surface area contributed by atoms with Gasteiger partial charge in [0.05, 0.1) is 0 Å². The fourth-order valence-corrected chi connectivity index (χ4v) is 4.72. The molecule has 0 aliphatic carbocycles. The van der Waals surface area contributed by atoms with E-state index in [1.165, 1.54) is 26.1 Å². The van der Waals surface area contributed by atoms with Gasteiger partial charge in [0, 0.05) is 42.3 Å². The molecule has 2 aromatic carbocycles. The third-order valence-electron chi connectivity index (χ3n) is 5.13. The van der Waals surface area contributed by atoms with E-state index in [2.05, 4.69) is 65.2 Å². The molecule has 2 heterocycles. The SMILES string of the molecule is CN(CC1Cc2ccccc2CN1)C(=O)NCCc1cc2ccccc2s1. The summed E-state index contributed by atoms with van der Waals surface area (Å²) in [5, 5.41) is 7.87. The Bertz CT molecular complexity index is 903. The molecule has 0 radical (unpaired) electrons. The molecule has 2 N–H and O–H groups in total. The quantitative estimate of drug-likeness (QED) is 0.708. The lowest BCUT2D eigenvalue weighted by Gasteiger charge is -2.29. The molecule has 0 fully saturated rings. The first-order valence-corrected chi connectivity index (χ1v) is 10.3. The van der Waals surface area contributed by atoms with Crippen LogP contribution in [0, 0.1) is 0 Å². The molecule has 1 aliphatic rings. The predicted octanol–water partition coefficient (Wildman–Crippen LogP) is 3.80. The molecule has 3 aromatic rings. The van der Waals surface area contributed by atoms with Gasteiger partial charge in [-0.15, -0.1) is 11.3 Å². The first-order chi connectivity index (χ1) is 13.2. The summed E-state index contributed by atoms with van der Waals surface area (Å²) in [5.41, 5.74) is 2.75. The van der Waals surface area contributed by atoms with Crippen LogP contribution in [0.15, 0.2) is 54.6 Å². The van der Waals surface area contributed by atoms with Crippen molar-refractivity contribution < 1.29 is 4.79 Å². The van der Waals surface area contributed by atoms with Crippen LogP contribution < -0.4 is 10.6 Å². The van der Waals surface area contributed by atoms with Gasteiger partial charge >= 0.3 is 6.03 Å². The molecular formula is C22H25N3OS. The summed E-state index contributed by atoms with van der Waals surface area (Å²) in [6.07, 6.45) is 1.84. The van der Waals surface area contributed by atoms with Crippen LogP contribution in [0.1, 0.15) is 16.0 Å². The zero-order valence-electron chi connectivity index (χ0n) is 15.6. The smallest absolute Gasteiger partial charge is 0.317 e. The van der Waals surface area contributed by atoms with E-state index in [0.717, 1.165) is 19.4 Å². The van der Waals surface area contributed by atoms with Crippen molar-refractivity contribution in [2.45, 2.75) is 25.4 Å². The van der Waals surface area contributed by atoms with Crippen molar-refractivity contribution >= 4 is 27.5 Å². The third kappa shape index (κ3) is 4.31. The van der Waals surface area contributed by atoms with Gasteiger partial charge in [0.15, 0.2) is 0 Å². The summed E-state index contributed by atoms with van der Waals surface area (Å²) in [5.74, 6) is 0. The van der Waals surface area contributed by atoms with Crippen molar-refractivity contribution in [3.8, 4) is 0 Å². The number of likely N-dealkylation sites (N-methyl/N-ethyl adjacent to an activating group) is 1. The minimum Gasteiger partial charge on any atom is -0.338 e. The van der Waals surface area contributed by atoms with Crippen LogP contribution in [0.2, 0.25) is 0 Å². The average molecular weight is 380 g/mol. The van der Waals surface area contributed by atoms with Crippen molar-refractivity contribution in [2.24, 2.45) is 0 Å². The topological polar surface area (TPSA) is 44.4 Å². The molecule has 1 aromatic heterocycles. The van der Waals surface area contributed by atoms with Crippen molar-refractivity contribution in [1.82, 2.24) is 15.5 Å². The molecule has 4 rings (SSSR count). The number of hydrogen-bond donors (Lipinski definition) is 2. The minimum atomic E-state index is -0.00299. The van der Waals surface area contributed by atoms with Crippen molar-refractivity contribution in [1.29, 1.82) is 0 Å². The van der Waals surface area contributed by atoms with Gasteiger partial charge in [0.1, 0.15) is 0 Å². The monoisotopic (exact) mass is 379 g/mol. The standard InChI is InChI=1S/C22H25N3OS/c1-25(15-19-12-16-6-2-3-8-18(16)14-24-19)22(26)23-11-10-20-13-17-7-4-5-9-21(17)27-20/h2-9,13,19,24H,10-12,14-15H2,1H3,(H,23,26). The van der Waals surface area contributed by atoms with E-state index in [9.17, 15) is 4.79 Å². The van der Waals surface area contributed by atoms with Crippen LogP contribution in [0.4, 0.5) is 4.79 Å². The highest BCUT2D eigenvalue weighted by molar-refractivity contribution is 7.19. The first kappa shape index (κ1) is 18.0. The molecule has 2 amide bonds. The van der Waals surface area contributed by atoms with Gasteiger partial charge in [-0.1, -0.05) is 42.5 Å². The van der Waals surface area contributed by atoms with E-state index in [4.69, 9.17) is 0 Å². The minimum absolute atomic E-state index is 0.00299. The van der Waals surface area contributed by atoms with Crippen LogP contribution >= 0.6 is 11.3 Å². The number of hydrogen-bond acceptors (Lipinski definition) is 3. The van der Waals surface area contributed by atoms with E-state index >= 15 is 0 Å². The van der Waals surface area contributed by atoms with Crippen LogP contribution in [-0.2, 0) is 19.4 Å². The van der Waals surface area contributed by atoms with E-state index in [0.29, 0.717) is 19.1 Å². The summed E-state index contributed by atoms with van der Waals surface area (Å²) in [7, 11) is 1.87. The Hall–Kier alpha value is -2.37. The van der Waals surface area contributed by atoms with Gasteiger partial charge in [0.25, 0.3) is 0 Å². The van der Waals surface area contributed by atoms with Crippen molar-refractivity contribution in [2.75, 3.05) is 20.1 Å². The molecule has 0 saturated carbocycles. The number of benzene rings is 2. The van der Waals surface area contributed by atoms with Crippen molar-refractivity contribution in [3.63, 3.8) is 0 Å². The molecule has 1 aliphatic heterocycles. The normalized spacial score (nSPS) is 16.1. The molecule has 5 heteroatoms. The molecule has 0 bridgehead atoms. The van der Waals surface area contributed by atoms with Gasteiger partial charge in [-0.05, 0) is 41.5 Å². The van der Waals surface area contributed by atoms with Gasteiger partial charge < -0.3 is 15.5 Å².